The molecule has 0 bridgehead atoms. The molecule has 0 amide bonds. The number of aryl methyl sites for hydroxylation is 2. The third-order valence-corrected chi connectivity index (χ3v) is 3.53. The molecule has 2 rings (SSSR count). The zero-order chi connectivity index (χ0) is 15.2. The molecule has 114 valence electrons. The Hall–Kier alpha value is -2.17. The van der Waals surface area contributed by atoms with E-state index in [-0.39, 0.29) is 0 Å². The van der Waals surface area contributed by atoms with E-state index >= 15 is 0 Å². The van der Waals surface area contributed by atoms with Crippen LogP contribution in [0.25, 0.3) is 0 Å². The van der Waals surface area contributed by atoms with Crippen molar-refractivity contribution in [3.8, 4) is 5.75 Å². The molecule has 0 fully saturated rings. The molecular weight excluding hydrogens is 264 g/mol. The lowest BCUT2D eigenvalue weighted by Crippen LogP contribution is -2.10. The van der Waals surface area contributed by atoms with E-state index in [0.717, 1.165) is 48.8 Å². The molecule has 0 unspecified atom stereocenters. The van der Waals surface area contributed by atoms with Crippen LogP contribution < -0.4 is 15.8 Å². The van der Waals surface area contributed by atoms with Crippen molar-refractivity contribution in [1.29, 1.82) is 0 Å². The van der Waals surface area contributed by atoms with Crippen LogP contribution in [0.15, 0.2) is 24.3 Å². The molecule has 0 saturated heterocycles. The van der Waals surface area contributed by atoms with Gasteiger partial charge < -0.3 is 15.8 Å². The molecule has 0 radical (unpaired) electrons. The van der Waals surface area contributed by atoms with Crippen LogP contribution in [0.5, 0.6) is 5.75 Å². The van der Waals surface area contributed by atoms with Gasteiger partial charge >= 0.3 is 0 Å². The van der Waals surface area contributed by atoms with Crippen LogP contribution >= 0.6 is 0 Å². The first-order valence-corrected chi connectivity index (χ1v) is 7.34. The number of ether oxygens (including phenoxy) is 1. The molecule has 1 aromatic heterocycles. The number of aromatic nitrogens is 2. The Kier molecular flexibility index (Phi) is 5.09. The van der Waals surface area contributed by atoms with Gasteiger partial charge in [-0.3, -0.25) is 4.68 Å². The molecule has 5 nitrogen and oxygen atoms in total. The highest BCUT2D eigenvalue weighted by Crippen LogP contribution is 2.23. The van der Waals surface area contributed by atoms with Gasteiger partial charge in [0.25, 0.3) is 0 Å². The van der Waals surface area contributed by atoms with E-state index in [1.165, 1.54) is 5.56 Å². The van der Waals surface area contributed by atoms with Gasteiger partial charge in [0.15, 0.2) is 0 Å². The first-order chi connectivity index (χ1) is 10.2. The number of nitrogen functional groups attached to an aromatic ring is 1. The summed E-state index contributed by atoms with van der Waals surface area (Å²) in [5, 5.41) is 7.84. The van der Waals surface area contributed by atoms with E-state index < -0.39 is 0 Å². The maximum absolute atomic E-state index is 6.16. The number of nitrogens with zero attached hydrogens (tertiary/aromatic N) is 2. The summed E-state index contributed by atoms with van der Waals surface area (Å²) in [6, 6.07) is 8.06. The van der Waals surface area contributed by atoms with Crippen molar-refractivity contribution in [1.82, 2.24) is 9.78 Å². The molecule has 21 heavy (non-hydrogen) atoms. The first-order valence-electron chi connectivity index (χ1n) is 7.34. The lowest BCUT2D eigenvalue weighted by molar-refractivity contribution is 0.410. The summed E-state index contributed by atoms with van der Waals surface area (Å²) in [5.74, 6) is 1.82. The Morgan fingerprint density at radius 1 is 1.29 bits per heavy atom. The van der Waals surface area contributed by atoms with Crippen LogP contribution in [-0.2, 0) is 19.9 Å². The minimum atomic E-state index is 0.763. The number of hydrogen-bond donors (Lipinski definition) is 2. The molecule has 0 saturated carbocycles. The van der Waals surface area contributed by atoms with Crippen molar-refractivity contribution < 1.29 is 4.74 Å². The normalized spacial score (nSPS) is 10.6. The van der Waals surface area contributed by atoms with Gasteiger partial charge in [0.05, 0.1) is 18.5 Å². The van der Waals surface area contributed by atoms with E-state index in [0.29, 0.717) is 0 Å². The summed E-state index contributed by atoms with van der Waals surface area (Å²) < 4.78 is 7.18. The monoisotopic (exact) mass is 288 g/mol. The fourth-order valence-electron chi connectivity index (χ4n) is 2.45. The van der Waals surface area contributed by atoms with Gasteiger partial charge in [-0.2, -0.15) is 5.10 Å². The van der Waals surface area contributed by atoms with Gasteiger partial charge in [0.1, 0.15) is 11.6 Å². The Morgan fingerprint density at radius 3 is 2.76 bits per heavy atom. The third-order valence-electron chi connectivity index (χ3n) is 3.53. The van der Waals surface area contributed by atoms with Gasteiger partial charge in [-0.25, -0.2) is 0 Å². The summed E-state index contributed by atoms with van der Waals surface area (Å²) in [7, 11) is 3.61. The highest BCUT2D eigenvalue weighted by Gasteiger charge is 2.12. The largest absolute Gasteiger partial charge is 0.496 e. The predicted molar refractivity (Wildman–Crippen MR) is 86.8 cm³/mol. The van der Waals surface area contributed by atoms with Gasteiger partial charge in [0.2, 0.25) is 0 Å². The smallest absolute Gasteiger partial charge is 0.147 e. The second kappa shape index (κ2) is 7.02. The molecule has 1 aromatic carbocycles. The molecule has 2 aromatic rings. The Balaban J connectivity index is 2.00. The highest BCUT2D eigenvalue weighted by molar-refractivity contribution is 5.65. The molecule has 0 spiro atoms. The Bertz CT molecular complexity index is 592. The number of nitrogens with one attached hydrogen (secondary N) is 1. The standard InChI is InChI=1S/C16H24N4O/c1-4-7-13-15(17)16(20(2)19-13)18-11-10-12-8-5-6-9-14(12)21-3/h5-6,8-9,18H,4,7,10-11,17H2,1-3H3. The topological polar surface area (TPSA) is 65.1 Å². The van der Waals surface area contributed by atoms with E-state index in [4.69, 9.17) is 10.5 Å². The predicted octanol–water partition coefficient (Wildman–Crippen LogP) is 2.62. The summed E-state index contributed by atoms with van der Waals surface area (Å²) in [6.45, 7) is 2.92. The molecule has 0 aliphatic carbocycles. The SMILES string of the molecule is CCCc1nn(C)c(NCCc2ccccc2OC)c1N. The minimum absolute atomic E-state index is 0.763. The summed E-state index contributed by atoms with van der Waals surface area (Å²) in [5.41, 5.74) is 9.07. The van der Waals surface area contributed by atoms with Crippen molar-refractivity contribution in [2.75, 3.05) is 24.7 Å². The van der Waals surface area contributed by atoms with E-state index in [1.54, 1.807) is 7.11 Å². The number of benzene rings is 1. The van der Waals surface area contributed by atoms with Crippen LogP contribution in [0.4, 0.5) is 11.5 Å². The van der Waals surface area contributed by atoms with Crippen LogP contribution in [-0.4, -0.2) is 23.4 Å². The number of para-hydroxylation sites is 1. The second-order valence-electron chi connectivity index (χ2n) is 5.07. The third kappa shape index (κ3) is 3.48. The zero-order valence-corrected chi connectivity index (χ0v) is 13.0. The van der Waals surface area contributed by atoms with E-state index in [2.05, 4.69) is 23.4 Å². The zero-order valence-electron chi connectivity index (χ0n) is 13.0. The lowest BCUT2D eigenvalue weighted by Gasteiger charge is -2.10. The van der Waals surface area contributed by atoms with Gasteiger partial charge in [-0.1, -0.05) is 31.5 Å². The molecule has 0 aliphatic heterocycles. The molecule has 0 aliphatic rings. The number of methoxy groups -OCH3 is 1. The van der Waals surface area contributed by atoms with Gasteiger partial charge in [-0.05, 0) is 24.5 Å². The maximum atomic E-state index is 6.16. The van der Waals surface area contributed by atoms with Gasteiger partial charge in [-0.15, -0.1) is 0 Å². The van der Waals surface area contributed by atoms with Crippen LogP contribution in [0.3, 0.4) is 0 Å². The number of rotatable bonds is 7. The molecule has 0 atom stereocenters. The molecule has 5 heteroatoms. The first kappa shape index (κ1) is 15.2. The quantitative estimate of drug-likeness (QED) is 0.822. The highest BCUT2D eigenvalue weighted by atomic mass is 16.5. The van der Waals surface area contributed by atoms with E-state index in [9.17, 15) is 0 Å². The average Bonchev–Trinajstić information content (AvgIpc) is 2.75. The van der Waals surface area contributed by atoms with Crippen molar-refractivity contribution in [2.45, 2.75) is 26.2 Å². The fraction of sp³-hybridized carbons (Fsp3) is 0.438. The maximum Gasteiger partial charge on any atom is 0.147 e. The van der Waals surface area contributed by atoms with E-state index in [1.807, 2.05) is 29.9 Å². The van der Waals surface area contributed by atoms with Crippen LogP contribution in [0.2, 0.25) is 0 Å². The van der Waals surface area contributed by atoms with Crippen LogP contribution in [0, 0.1) is 0 Å². The lowest BCUT2D eigenvalue weighted by atomic mass is 10.1. The average molecular weight is 288 g/mol. The summed E-state index contributed by atoms with van der Waals surface area (Å²) >= 11 is 0. The van der Waals surface area contributed by atoms with Crippen molar-refractivity contribution >= 4 is 11.5 Å². The number of hydrogen-bond acceptors (Lipinski definition) is 4. The van der Waals surface area contributed by atoms with Crippen molar-refractivity contribution in [3.05, 3.63) is 35.5 Å². The fourth-order valence-corrected chi connectivity index (χ4v) is 2.45. The Morgan fingerprint density at radius 2 is 2.05 bits per heavy atom. The summed E-state index contributed by atoms with van der Waals surface area (Å²) in [4.78, 5) is 0. The number of anilines is 2. The minimum Gasteiger partial charge on any atom is -0.496 e. The molecule has 1 heterocycles. The second-order valence-corrected chi connectivity index (χ2v) is 5.07. The number of nitrogens with two attached hydrogens (primary N) is 1. The summed E-state index contributed by atoms with van der Waals surface area (Å²) in [6.07, 6.45) is 2.83. The Labute approximate surface area is 126 Å². The van der Waals surface area contributed by atoms with Gasteiger partial charge in [0, 0.05) is 13.6 Å². The van der Waals surface area contributed by atoms with Crippen molar-refractivity contribution in [2.24, 2.45) is 7.05 Å². The molecule has 3 N–H and O–H groups in total. The van der Waals surface area contributed by atoms with Crippen molar-refractivity contribution in [3.63, 3.8) is 0 Å². The van der Waals surface area contributed by atoms with Crippen LogP contribution in [0.1, 0.15) is 24.6 Å². The molecular formula is C16H24N4O.